The molecule has 0 aliphatic rings. The molecule has 0 saturated heterocycles. The SMILES string of the molecule is Cc1cc(C)n(-c2ccc(CNC(=O)NC(C)CO)cn2)n1. The molecule has 118 valence electrons. The van der Waals surface area contributed by atoms with Crippen LogP contribution in [0, 0.1) is 13.8 Å². The fourth-order valence-electron chi connectivity index (χ4n) is 2.01. The maximum Gasteiger partial charge on any atom is 0.315 e. The number of aliphatic hydroxyl groups excluding tert-OH is 1. The second-order valence-electron chi connectivity index (χ2n) is 5.27. The molecule has 1 atom stereocenters. The number of aromatic nitrogens is 3. The van der Waals surface area contributed by atoms with Gasteiger partial charge in [0.15, 0.2) is 5.82 Å². The third kappa shape index (κ3) is 4.05. The van der Waals surface area contributed by atoms with Gasteiger partial charge in [-0.2, -0.15) is 5.10 Å². The molecule has 2 amide bonds. The normalized spacial score (nSPS) is 12.0. The van der Waals surface area contributed by atoms with Crippen LogP contribution >= 0.6 is 0 Å². The second kappa shape index (κ2) is 7.04. The second-order valence-corrected chi connectivity index (χ2v) is 5.27. The van der Waals surface area contributed by atoms with Gasteiger partial charge in [-0.15, -0.1) is 0 Å². The third-order valence-electron chi connectivity index (χ3n) is 3.14. The van der Waals surface area contributed by atoms with E-state index in [2.05, 4.69) is 20.7 Å². The van der Waals surface area contributed by atoms with Crippen molar-refractivity contribution in [3.63, 3.8) is 0 Å². The molecule has 0 aliphatic heterocycles. The van der Waals surface area contributed by atoms with Gasteiger partial charge in [0.05, 0.1) is 18.3 Å². The van der Waals surface area contributed by atoms with E-state index < -0.39 is 0 Å². The van der Waals surface area contributed by atoms with Crippen LogP contribution in [0.3, 0.4) is 0 Å². The third-order valence-corrected chi connectivity index (χ3v) is 3.14. The summed E-state index contributed by atoms with van der Waals surface area (Å²) in [6.07, 6.45) is 1.71. The van der Waals surface area contributed by atoms with E-state index in [0.717, 1.165) is 22.8 Å². The Hall–Kier alpha value is -2.41. The molecule has 1 unspecified atom stereocenters. The van der Waals surface area contributed by atoms with Crippen molar-refractivity contribution in [1.29, 1.82) is 0 Å². The van der Waals surface area contributed by atoms with Gasteiger partial charge in [-0.3, -0.25) is 0 Å². The lowest BCUT2D eigenvalue weighted by atomic mass is 10.3. The van der Waals surface area contributed by atoms with Crippen LogP contribution < -0.4 is 10.6 Å². The summed E-state index contributed by atoms with van der Waals surface area (Å²) in [5.41, 5.74) is 2.85. The fraction of sp³-hybridized carbons (Fsp3) is 0.400. The molecule has 2 rings (SSSR count). The molecular weight excluding hydrogens is 282 g/mol. The summed E-state index contributed by atoms with van der Waals surface area (Å²) in [5.74, 6) is 0.743. The highest BCUT2D eigenvalue weighted by atomic mass is 16.3. The first kappa shape index (κ1) is 16.0. The monoisotopic (exact) mass is 303 g/mol. The summed E-state index contributed by atoms with van der Waals surface area (Å²) in [6, 6.07) is 5.17. The smallest absolute Gasteiger partial charge is 0.315 e. The van der Waals surface area contributed by atoms with Gasteiger partial charge in [0.1, 0.15) is 0 Å². The molecule has 0 fully saturated rings. The Kier molecular flexibility index (Phi) is 5.11. The molecular formula is C15H21N5O2. The minimum Gasteiger partial charge on any atom is -0.394 e. The first-order valence-corrected chi connectivity index (χ1v) is 7.13. The van der Waals surface area contributed by atoms with Crippen molar-refractivity contribution in [1.82, 2.24) is 25.4 Å². The summed E-state index contributed by atoms with van der Waals surface area (Å²) in [4.78, 5) is 15.9. The first-order chi connectivity index (χ1) is 10.5. The zero-order valence-corrected chi connectivity index (χ0v) is 13.0. The number of hydrogen-bond donors (Lipinski definition) is 3. The van der Waals surface area contributed by atoms with Crippen molar-refractivity contribution in [3.05, 3.63) is 41.3 Å². The predicted octanol–water partition coefficient (Wildman–Crippen LogP) is 1.06. The maximum absolute atomic E-state index is 11.6. The Balaban J connectivity index is 1.95. The van der Waals surface area contributed by atoms with Crippen LogP contribution in [0.25, 0.3) is 5.82 Å². The van der Waals surface area contributed by atoms with E-state index in [9.17, 15) is 4.79 Å². The number of aliphatic hydroxyl groups is 1. The maximum atomic E-state index is 11.6. The molecule has 2 heterocycles. The van der Waals surface area contributed by atoms with Crippen molar-refractivity contribution < 1.29 is 9.90 Å². The molecule has 0 bridgehead atoms. The van der Waals surface area contributed by atoms with Crippen LogP contribution in [0.15, 0.2) is 24.4 Å². The van der Waals surface area contributed by atoms with E-state index in [1.165, 1.54) is 0 Å². The molecule has 0 saturated carbocycles. The van der Waals surface area contributed by atoms with Crippen LogP contribution in [0.2, 0.25) is 0 Å². The van der Waals surface area contributed by atoms with Gasteiger partial charge >= 0.3 is 6.03 Å². The Labute approximate surface area is 129 Å². The van der Waals surface area contributed by atoms with Crippen LogP contribution in [0.4, 0.5) is 4.79 Å². The van der Waals surface area contributed by atoms with Gasteiger partial charge < -0.3 is 15.7 Å². The standard InChI is InChI=1S/C15H21N5O2/c1-10-6-12(3)20(19-10)14-5-4-13(7-16-14)8-17-15(22)18-11(2)9-21/h4-7,11,21H,8-9H2,1-3H3,(H2,17,18,22). The average Bonchev–Trinajstić information content (AvgIpc) is 2.84. The molecule has 2 aromatic heterocycles. The number of carbonyl (C=O) groups excluding carboxylic acids is 1. The lowest BCUT2D eigenvalue weighted by molar-refractivity contribution is 0.220. The summed E-state index contributed by atoms with van der Waals surface area (Å²) < 4.78 is 1.78. The number of rotatable bonds is 5. The molecule has 7 nitrogen and oxygen atoms in total. The van der Waals surface area contributed by atoms with Crippen LogP contribution in [0.5, 0.6) is 0 Å². The number of urea groups is 1. The van der Waals surface area contributed by atoms with E-state index in [4.69, 9.17) is 5.11 Å². The predicted molar refractivity (Wildman–Crippen MR) is 82.8 cm³/mol. The molecule has 2 aromatic rings. The highest BCUT2D eigenvalue weighted by Gasteiger charge is 2.07. The number of amides is 2. The number of nitrogens with zero attached hydrogens (tertiary/aromatic N) is 3. The number of nitrogens with one attached hydrogen (secondary N) is 2. The minimum atomic E-state index is -0.316. The van der Waals surface area contributed by atoms with Gasteiger partial charge in [-0.25, -0.2) is 14.5 Å². The highest BCUT2D eigenvalue weighted by Crippen LogP contribution is 2.10. The number of hydrogen-bond acceptors (Lipinski definition) is 4. The average molecular weight is 303 g/mol. The topological polar surface area (TPSA) is 92.1 Å². The molecule has 0 aromatic carbocycles. The number of carbonyl (C=O) groups is 1. The van der Waals surface area contributed by atoms with E-state index in [1.54, 1.807) is 17.8 Å². The Morgan fingerprint density at radius 2 is 2.18 bits per heavy atom. The number of aryl methyl sites for hydroxylation is 2. The van der Waals surface area contributed by atoms with Crippen molar-refractivity contribution in [2.75, 3.05) is 6.61 Å². The van der Waals surface area contributed by atoms with Gasteiger partial charge in [0.2, 0.25) is 0 Å². The first-order valence-electron chi connectivity index (χ1n) is 7.13. The van der Waals surface area contributed by atoms with E-state index >= 15 is 0 Å². The van der Waals surface area contributed by atoms with Gasteiger partial charge in [-0.05, 0) is 38.5 Å². The Morgan fingerprint density at radius 3 is 2.73 bits per heavy atom. The summed E-state index contributed by atoms with van der Waals surface area (Å²) in [7, 11) is 0. The van der Waals surface area contributed by atoms with Gasteiger partial charge in [-0.1, -0.05) is 6.07 Å². The molecule has 0 aliphatic carbocycles. The van der Waals surface area contributed by atoms with Crippen molar-refractivity contribution in [2.45, 2.75) is 33.4 Å². The summed E-state index contributed by atoms with van der Waals surface area (Å²) in [5, 5.41) is 18.6. The van der Waals surface area contributed by atoms with Crippen LogP contribution in [-0.2, 0) is 6.54 Å². The molecule has 0 spiro atoms. The lowest BCUT2D eigenvalue weighted by Gasteiger charge is -2.12. The van der Waals surface area contributed by atoms with E-state index in [0.29, 0.717) is 6.54 Å². The Morgan fingerprint density at radius 1 is 1.41 bits per heavy atom. The van der Waals surface area contributed by atoms with E-state index in [-0.39, 0.29) is 18.7 Å². The summed E-state index contributed by atoms with van der Waals surface area (Å²) in [6.45, 7) is 5.92. The largest absolute Gasteiger partial charge is 0.394 e. The van der Waals surface area contributed by atoms with Gasteiger partial charge in [0.25, 0.3) is 0 Å². The molecule has 3 N–H and O–H groups in total. The van der Waals surface area contributed by atoms with Crippen molar-refractivity contribution >= 4 is 6.03 Å². The zero-order valence-electron chi connectivity index (χ0n) is 13.0. The lowest BCUT2D eigenvalue weighted by Crippen LogP contribution is -2.41. The molecule has 0 radical (unpaired) electrons. The zero-order chi connectivity index (χ0) is 16.1. The van der Waals surface area contributed by atoms with Gasteiger partial charge in [0, 0.05) is 18.4 Å². The van der Waals surface area contributed by atoms with E-state index in [1.807, 2.05) is 32.0 Å². The fourth-order valence-corrected chi connectivity index (χ4v) is 2.01. The number of pyridine rings is 1. The quantitative estimate of drug-likeness (QED) is 0.770. The van der Waals surface area contributed by atoms with Crippen molar-refractivity contribution in [2.24, 2.45) is 0 Å². The molecule has 22 heavy (non-hydrogen) atoms. The Bertz CT molecular complexity index is 636. The van der Waals surface area contributed by atoms with Crippen LogP contribution in [-0.4, -0.2) is 38.6 Å². The van der Waals surface area contributed by atoms with Crippen LogP contribution in [0.1, 0.15) is 23.9 Å². The molecule has 7 heteroatoms. The highest BCUT2D eigenvalue weighted by molar-refractivity contribution is 5.74. The minimum absolute atomic E-state index is 0.0910. The summed E-state index contributed by atoms with van der Waals surface area (Å²) >= 11 is 0. The van der Waals surface area contributed by atoms with Crippen molar-refractivity contribution in [3.8, 4) is 5.82 Å².